The number of nitrogens with zero attached hydrogens (tertiary/aromatic N) is 3. The quantitative estimate of drug-likeness (QED) is 0.647. The topological polar surface area (TPSA) is 111 Å². The van der Waals surface area contributed by atoms with Crippen molar-refractivity contribution >= 4 is 15.7 Å². The monoisotopic (exact) mass is 282 g/mol. The van der Waals surface area contributed by atoms with Crippen molar-refractivity contribution in [1.82, 2.24) is 4.31 Å². The molecule has 1 aromatic rings. The summed E-state index contributed by atoms with van der Waals surface area (Å²) in [6.45, 7) is 0.431. The van der Waals surface area contributed by atoms with Crippen molar-refractivity contribution in [2.24, 2.45) is 0 Å². The van der Waals surface area contributed by atoms with Crippen LogP contribution in [0.25, 0.3) is 0 Å². The largest absolute Gasteiger partial charge is 0.398 e. The first-order valence-corrected chi connectivity index (χ1v) is 6.58. The second-order valence-electron chi connectivity index (χ2n) is 3.71. The molecule has 6 nitrogen and oxygen atoms in total. The van der Waals surface area contributed by atoms with Crippen LogP contribution in [0, 0.1) is 35.4 Å². The number of hydrogen-bond acceptors (Lipinski definition) is 5. The van der Waals surface area contributed by atoms with Gasteiger partial charge in [-0.15, -0.1) is 0 Å². The first kappa shape index (κ1) is 14.9. The van der Waals surface area contributed by atoms with Gasteiger partial charge >= 0.3 is 0 Å². The summed E-state index contributed by atoms with van der Waals surface area (Å²) in [5.41, 5.74) is 5.65. The van der Waals surface area contributed by atoms with Crippen LogP contribution in [0.5, 0.6) is 0 Å². The van der Waals surface area contributed by atoms with Gasteiger partial charge in [-0.3, -0.25) is 0 Å². The molecule has 0 atom stereocenters. The molecule has 0 radical (unpaired) electrons. The molecule has 100 valence electrons. The van der Waals surface area contributed by atoms with Crippen molar-refractivity contribution in [2.75, 3.05) is 18.8 Å². The highest BCUT2D eigenvalue weighted by Gasteiger charge is 2.25. The lowest BCUT2D eigenvalue weighted by Crippen LogP contribution is -2.32. The number of benzene rings is 1. The second-order valence-corrected chi connectivity index (χ2v) is 5.65. The SMILES string of the molecule is Cc1c(N)cc(S(=O)(=O)N(CC#N)CC#N)cc1F. The Kier molecular flexibility index (Phi) is 4.43. The van der Waals surface area contributed by atoms with Crippen molar-refractivity contribution in [1.29, 1.82) is 10.5 Å². The fourth-order valence-electron chi connectivity index (χ4n) is 1.36. The van der Waals surface area contributed by atoms with Crippen molar-refractivity contribution < 1.29 is 12.8 Å². The van der Waals surface area contributed by atoms with E-state index in [1.165, 1.54) is 6.92 Å². The molecule has 19 heavy (non-hydrogen) atoms. The molecule has 0 unspecified atom stereocenters. The number of nitriles is 2. The van der Waals surface area contributed by atoms with Crippen LogP contribution >= 0.6 is 0 Å². The number of hydrogen-bond donors (Lipinski definition) is 1. The molecule has 0 aromatic heterocycles. The maximum Gasteiger partial charge on any atom is 0.245 e. The summed E-state index contributed by atoms with van der Waals surface area (Å²) in [5, 5.41) is 17.1. The summed E-state index contributed by atoms with van der Waals surface area (Å²) >= 11 is 0. The molecule has 0 heterocycles. The predicted octanol–water partition coefficient (Wildman–Crippen LogP) is 0.754. The molecular weight excluding hydrogens is 271 g/mol. The fourth-order valence-corrected chi connectivity index (χ4v) is 2.64. The Morgan fingerprint density at radius 3 is 2.26 bits per heavy atom. The highest BCUT2D eigenvalue weighted by atomic mass is 32.2. The third-order valence-corrected chi connectivity index (χ3v) is 4.26. The molecule has 0 spiro atoms. The molecule has 0 amide bonds. The molecule has 0 aliphatic heterocycles. The van der Waals surface area contributed by atoms with E-state index < -0.39 is 28.9 Å². The van der Waals surface area contributed by atoms with Crippen LogP contribution in [-0.2, 0) is 10.0 Å². The minimum atomic E-state index is -4.12. The van der Waals surface area contributed by atoms with E-state index >= 15 is 0 Å². The molecule has 1 aromatic carbocycles. The molecule has 0 bridgehead atoms. The van der Waals surface area contributed by atoms with Crippen molar-refractivity contribution in [3.63, 3.8) is 0 Å². The van der Waals surface area contributed by atoms with Gasteiger partial charge in [-0.05, 0) is 19.1 Å². The van der Waals surface area contributed by atoms with Crippen LogP contribution in [0.3, 0.4) is 0 Å². The van der Waals surface area contributed by atoms with E-state index in [1.54, 1.807) is 12.1 Å². The van der Waals surface area contributed by atoms with E-state index in [9.17, 15) is 12.8 Å². The Balaban J connectivity index is 3.35. The van der Waals surface area contributed by atoms with E-state index in [0.717, 1.165) is 12.1 Å². The number of sulfonamides is 1. The Morgan fingerprint density at radius 2 is 1.84 bits per heavy atom. The van der Waals surface area contributed by atoms with Crippen LogP contribution < -0.4 is 5.73 Å². The lowest BCUT2D eigenvalue weighted by molar-refractivity contribution is 0.478. The molecule has 2 N–H and O–H groups in total. The molecular formula is C11H11FN4O2S. The Labute approximate surface area is 110 Å². The maximum atomic E-state index is 13.5. The van der Waals surface area contributed by atoms with Crippen LogP contribution in [0.4, 0.5) is 10.1 Å². The average Bonchev–Trinajstić information content (AvgIpc) is 2.35. The normalized spacial score (nSPS) is 11.0. The van der Waals surface area contributed by atoms with Gasteiger partial charge in [0.25, 0.3) is 0 Å². The number of rotatable bonds is 4. The minimum Gasteiger partial charge on any atom is -0.398 e. The van der Waals surface area contributed by atoms with Gasteiger partial charge in [0.2, 0.25) is 10.0 Å². The summed E-state index contributed by atoms with van der Waals surface area (Å²) in [4.78, 5) is -0.376. The molecule has 8 heteroatoms. The van der Waals surface area contributed by atoms with Gasteiger partial charge in [-0.2, -0.15) is 14.8 Å². The number of nitrogen functional groups attached to an aromatic ring is 1. The summed E-state index contributed by atoms with van der Waals surface area (Å²) in [6, 6.07) is 5.21. The molecule has 0 saturated heterocycles. The van der Waals surface area contributed by atoms with Gasteiger partial charge in [0, 0.05) is 11.3 Å². The highest BCUT2D eigenvalue weighted by Crippen LogP contribution is 2.23. The summed E-state index contributed by atoms with van der Waals surface area (Å²) in [5.74, 6) is -0.757. The zero-order chi connectivity index (χ0) is 14.6. The third-order valence-electron chi connectivity index (χ3n) is 2.49. The molecule has 1 rings (SSSR count). The zero-order valence-corrected chi connectivity index (χ0v) is 10.9. The van der Waals surface area contributed by atoms with Gasteiger partial charge in [0.15, 0.2) is 0 Å². The van der Waals surface area contributed by atoms with Gasteiger partial charge < -0.3 is 5.73 Å². The molecule has 0 aliphatic rings. The van der Waals surface area contributed by atoms with Crippen molar-refractivity contribution in [3.05, 3.63) is 23.5 Å². The first-order chi connectivity index (χ1) is 8.84. The Bertz CT molecular complexity index is 634. The van der Waals surface area contributed by atoms with Gasteiger partial charge in [0.05, 0.1) is 17.0 Å². The average molecular weight is 282 g/mol. The summed E-state index contributed by atoms with van der Waals surface area (Å²) < 4.78 is 38.4. The molecule has 0 saturated carbocycles. The van der Waals surface area contributed by atoms with Crippen molar-refractivity contribution in [3.8, 4) is 12.1 Å². The van der Waals surface area contributed by atoms with E-state index in [2.05, 4.69) is 0 Å². The zero-order valence-electron chi connectivity index (χ0n) is 10.1. The summed E-state index contributed by atoms with van der Waals surface area (Å²) in [6.07, 6.45) is 0. The standard InChI is InChI=1S/C11H11FN4O2S/c1-8-10(12)6-9(7-11(8)15)19(17,18)16(4-2-13)5-3-14/h6-7H,4-5,15H2,1H3. The van der Waals surface area contributed by atoms with Crippen LogP contribution in [0.1, 0.15) is 5.56 Å². The summed E-state index contributed by atoms with van der Waals surface area (Å²) in [7, 11) is -4.12. The fraction of sp³-hybridized carbons (Fsp3) is 0.273. The molecule has 0 aliphatic carbocycles. The lowest BCUT2D eigenvalue weighted by Gasteiger charge is -2.16. The number of nitrogens with two attached hydrogens (primary N) is 1. The van der Waals surface area contributed by atoms with E-state index in [-0.39, 0.29) is 16.1 Å². The van der Waals surface area contributed by atoms with Gasteiger partial charge in [-0.1, -0.05) is 0 Å². The highest BCUT2D eigenvalue weighted by molar-refractivity contribution is 7.89. The van der Waals surface area contributed by atoms with E-state index in [1.807, 2.05) is 0 Å². The Hall–Kier alpha value is -2.16. The molecule has 0 fully saturated rings. The number of anilines is 1. The van der Waals surface area contributed by atoms with Crippen LogP contribution in [0.15, 0.2) is 17.0 Å². The Morgan fingerprint density at radius 1 is 1.32 bits per heavy atom. The van der Waals surface area contributed by atoms with Gasteiger partial charge in [-0.25, -0.2) is 12.8 Å². The van der Waals surface area contributed by atoms with Crippen molar-refractivity contribution in [2.45, 2.75) is 11.8 Å². The van der Waals surface area contributed by atoms with E-state index in [0.29, 0.717) is 4.31 Å². The first-order valence-electron chi connectivity index (χ1n) is 5.14. The predicted molar refractivity (Wildman–Crippen MR) is 65.5 cm³/mol. The lowest BCUT2D eigenvalue weighted by atomic mass is 10.2. The number of halogens is 1. The van der Waals surface area contributed by atoms with E-state index in [4.69, 9.17) is 16.3 Å². The second kappa shape index (κ2) is 5.65. The smallest absolute Gasteiger partial charge is 0.245 e. The minimum absolute atomic E-state index is 0.00700. The third kappa shape index (κ3) is 2.99. The maximum absolute atomic E-state index is 13.5. The van der Waals surface area contributed by atoms with Gasteiger partial charge in [0.1, 0.15) is 18.9 Å². The van der Waals surface area contributed by atoms with Crippen LogP contribution in [0.2, 0.25) is 0 Å². The van der Waals surface area contributed by atoms with Crippen LogP contribution in [-0.4, -0.2) is 25.8 Å².